The van der Waals surface area contributed by atoms with E-state index in [0.29, 0.717) is 24.1 Å². The fourth-order valence-corrected chi connectivity index (χ4v) is 2.55. The lowest BCUT2D eigenvalue weighted by atomic mass is 10.0. The first kappa shape index (κ1) is 15.3. The van der Waals surface area contributed by atoms with Crippen molar-refractivity contribution in [2.45, 2.75) is 39.8 Å². The third-order valence-corrected chi connectivity index (χ3v) is 3.94. The van der Waals surface area contributed by atoms with Gasteiger partial charge in [-0.1, -0.05) is 25.4 Å². The molecule has 1 aliphatic heterocycles. The van der Waals surface area contributed by atoms with E-state index >= 15 is 0 Å². The fourth-order valence-electron chi connectivity index (χ4n) is 2.35. The molecule has 1 aliphatic rings. The molecule has 6 heteroatoms. The van der Waals surface area contributed by atoms with Crippen molar-refractivity contribution in [1.82, 2.24) is 9.78 Å². The van der Waals surface area contributed by atoms with Gasteiger partial charge in [0.2, 0.25) is 0 Å². The maximum Gasteiger partial charge on any atom is 0.287 e. The van der Waals surface area contributed by atoms with Gasteiger partial charge in [0.25, 0.3) is 5.56 Å². The van der Waals surface area contributed by atoms with Crippen LogP contribution in [0, 0.1) is 11.8 Å². The van der Waals surface area contributed by atoms with Gasteiger partial charge >= 0.3 is 0 Å². The van der Waals surface area contributed by atoms with Crippen LogP contribution in [-0.4, -0.2) is 29.0 Å². The SMILES string of the molecule is CC(C)Cn1ncc(NC(C)C2CCOC2)c(Cl)c1=O. The highest BCUT2D eigenvalue weighted by atomic mass is 35.5. The molecule has 1 aromatic rings. The molecule has 5 nitrogen and oxygen atoms in total. The number of halogens is 1. The zero-order chi connectivity index (χ0) is 14.7. The van der Waals surface area contributed by atoms with Crippen molar-refractivity contribution in [2.24, 2.45) is 11.8 Å². The smallest absolute Gasteiger partial charge is 0.287 e. The van der Waals surface area contributed by atoms with Gasteiger partial charge in [0.15, 0.2) is 0 Å². The Bertz CT molecular complexity index is 510. The molecule has 1 saturated heterocycles. The van der Waals surface area contributed by atoms with Crippen molar-refractivity contribution < 1.29 is 4.74 Å². The largest absolute Gasteiger partial charge is 0.381 e. The Hall–Kier alpha value is -1.07. The third kappa shape index (κ3) is 3.52. The summed E-state index contributed by atoms with van der Waals surface area (Å²) in [7, 11) is 0. The summed E-state index contributed by atoms with van der Waals surface area (Å²) in [5.41, 5.74) is 0.372. The van der Waals surface area contributed by atoms with Gasteiger partial charge in [0.1, 0.15) is 5.02 Å². The Morgan fingerprint density at radius 2 is 2.30 bits per heavy atom. The molecule has 1 N–H and O–H groups in total. The molecule has 0 radical (unpaired) electrons. The summed E-state index contributed by atoms with van der Waals surface area (Å²) in [5, 5.41) is 7.68. The van der Waals surface area contributed by atoms with E-state index in [1.807, 2.05) is 13.8 Å². The molecule has 0 spiro atoms. The Morgan fingerprint density at radius 1 is 1.55 bits per heavy atom. The molecule has 2 heterocycles. The summed E-state index contributed by atoms with van der Waals surface area (Å²) in [4.78, 5) is 12.1. The van der Waals surface area contributed by atoms with Gasteiger partial charge in [-0.15, -0.1) is 0 Å². The van der Waals surface area contributed by atoms with E-state index in [0.717, 1.165) is 19.6 Å². The second-order valence-corrected chi connectivity index (χ2v) is 6.19. The molecule has 0 saturated carbocycles. The van der Waals surface area contributed by atoms with Crippen LogP contribution in [0.4, 0.5) is 5.69 Å². The molecule has 2 atom stereocenters. The number of hydrogen-bond donors (Lipinski definition) is 1. The van der Waals surface area contributed by atoms with Gasteiger partial charge in [-0.3, -0.25) is 4.79 Å². The topological polar surface area (TPSA) is 56.1 Å². The first-order chi connectivity index (χ1) is 9.49. The molecule has 0 aromatic carbocycles. The Balaban J connectivity index is 2.12. The molecule has 0 aliphatic carbocycles. The normalized spacial score (nSPS) is 20.4. The number of nitrogens with one attached hydrogen (secondary N) is 1. The summed E-state index contributed by atoms with van der Waals surface area (Å²) in [5.74, 6) is 0.800. The average molecular weight is 300 g/mol. The van der Waals surface area contributed by atoms with E-state index in [4.69, 9.17) is 16.3 Å². The zero-order valence-electron chi connectivity index (χ0n) is 12.2. The van der Waals surface area contributed by atoms with E-state index in [2.05, 4.69) is 17.3 Å². The molecular formula is C14H22ClN3O2. The van der Waals surface area contributed by atoms with Crippen molar-refractivity contribution in [3.8, 4) is 0 Å². The maximum absolute atomic E-state index is 12.1. The van der Waals surface area contributed by atoms with E-state index in [9.17, 15) is 4.79 Å². The number of aromatic nitrogens is 2. The summed E-state index contributed by atoms with van der Waals surface area (Å²) in [6, 6.07) is 0.206. The summed E-state index contributed by atoms with van der Waals surface area (Å²) >= 11 is 6.17. The Kier molecular flexibility index (Phi) is 5.05. The zero-order valence-corrected chi connectivity index (χ0v) is 13.0. The molecule has 0 bridgehead atoms. The highest BCUT2D eigenvalue weighted by Crippen LogP contribution is 2.22. The van der Waals surface area contributed by atoms with Gasteiger partial charge in [0.05, 0.1) is 18.5 Å². The van der Waals surface area contributed by atoms with Crippen LogP contribution in [0.1, 0.15) is 27.2 Å². The first-order valence-corrected chi connectivity index (χ1v) is 7.46. The Labute approximate surface area is 124 Å². The van der Waals surface area contributed by atoms with Crippen LogP contribution in [0.5, 0.6) is 0 Å². The minimum Gasteiger partial charge on any atom is -0.381 e. The lowest BCUT2D eigenvalue weighted by Crippen LogP contribution is -2.30. The van der Waals surface area contributed by atoms with Crippen molar-refractivity contribution in [1.29, 1.82) is 0 Å². The van der Waals surface area contributed by atoms with Gasteiger partial charge in [-0.25, -0.2) is 4.68 Å². The van der Waals surface area contributed by atoms with Crippen molar-refractivity contribution in [2.75, 3.05) is 18.5 Å². The lowest BCUT2D eigenvalue weighted by molar-refractivity contribution is 0.183. The fraction of sp³-hybridized carbons (Fsp3) is 0.714. The van der Waals surface area contributed by atoms with Crippen LogP contribution in [0.3, 0.4) is 0 Å². The molecule has 2 unspecified atom stereocenters. The van der Waals surface area contributed by atoms with Gasteiger partial charge < -0.3 is 10.1 Å². The molecule has 0 amide bonds. The standard InChI is InChI=1S/C14H22ClN3O2/c1-9(2)7-18-14(19)13(15)12(6-16-18)17-10(3)11-4-5-20-8-11/h6,9-11,17H,4-5,7-8H2,1-3H3. The van der Waals surface area contributed by atoms with Crippen LogP contribution in [-0.2, 0) is 11.3 Å². The minimum absolute atomic E-state index is 0.206. The van der Waals surface area contributed by atoms with Crippen molar-refractivity contribution >= 4 is 17.3 Å². The van der Waals surface area contributed by atoms with E-state index in [1.165, 1.54) is 4.68 Å². The lowest BCUT2D eigenvalue weighted by Gasteiger charge is -2.21. The number of nitrogens with zero attached hydrogens (tertiary/aromatic N) is 2. The summed E-state index contributed by atoms with van der Waals surface area (Å²) in [6.45, 7) is 8.29. The van der Waals surface area contributed by atoms with Crippen LogP contribution in [0.25, 0.3) is 0 Å². The Morgan fingerprint density at radius 3 is 2.90 bits per heavy atom. The molecular weight excluding hydrogens is 278 g/mol. The predicted octanol–water partition coefficient (Wildman–Crippen LogP) is 2.39. The van der Waals surface area contributed by atoms with Crippen LogP contribution in [0.2, 0.25) is 5.02 Å². The van der Waals surface area contributed by atoms with Gasteiger partial charge in [0, 0.05) is 25.1 Å². The molecule has 112 valence electrons. The summed E-state index contributed by atoms with van der Waals surface area (Å²) < 4.78 is 6.80. The van der Waals surface area contributed by atoms with Crippen molar-refractivity contribution in [3.05, 3.63) is 21.6 Å². The number of hydrogen-bond acceptors (Lipinski definition) is 4. The van der Waals surface area contributed by atoms with Crippen molar-refractivity contribution in [3.63, 3.8) is 0 Å². The van der Waals surface area contributed by atoms with E-state index in [-0.39, 0.29) is 16.6 Å². The second kappa shape index (κ2) is 6.59. The average Bonchev–Trinajstić information content (AvgIpc) is 2.92. The predicted molar refractivity (Wildman–Crippen MR) is 80.4 cm³/mol. The third-order valence-electron chi connectivity index (χ3n) is 3.58. The number of anilines is 1. The quantitative estimate of drug-likeness (QED) is 0.907. The summed E-state index contributed by atoms with van der Waals surface area (Å²) in [6.07, 6.45) is 2.67. The van der Waals surface area contributed by atoms with Crippen LogP contribution in [0.15, 0.2) is 11.0 Å². The van der Waals surface area contributed by atoms with Crippen LogP contribution < -0.4 is 10.9 Å². The van der Waals surface area contributed by atoms with Gasteiger partial charge in [-0.05, 0) is 19.3 Å². The molecule has 20 heavy (non-hydrogen) atoms. The second-order valence-electron chi connectivity index (χ2n) is 5.81. The highest BCUT2D eigenvalue weighted by molar-refractivity contribution is 6.32. The first-order valence-electron chi connectivity index (χ1n) is 7.09. The molecule has 1 aromatic heterocycles. The maximum atomic E-state index is 12.1. The highest BCUT2D eigenvalue weighted by Gasteiger charge is 2.23. The molecule has 2 rings (SSSR count). The van der Waals surface area contributed by atoms with E-state index < -0.39 is 0 Å². The van der Waals surface area contributed by atoms with Crippen LogP contribution >= 0.6 is 11.6 Å². The monoisotopic (exact) mass is 299 g/mol. The van der Waals surface area contributed by atoms with E-state index in [1.54, 1.807) is 6.20 Å². The van der Waals surface area contributed by atoms with Gasteiger partial charge in [-0.2, -0.15) is 5.10 Å². The molecule has 1 fully saturated rings. The number of rotatable bonds is 5. The number of ether oxygens (including phenoxy) is 1. The minimum atomic E-state index is -0.236.